The Morgan fingerprint density at radius 3 is 2.32 bits per heavy atom. The van der Waals surface area contributed by atoms with Crippen LogP contribution in [0, 0.1) is 0 Å². The van der Waals surface area contributed by atoms with Crippen LogP contribution in [0.2, 0.25) is 0 Å². The Hall–Kier alpha value is -3.09. The van der Waals surface area contributed by atoms with Crippen molar-refractivity contribution < 1.29 is 18.6 Å². The zero-order valence-electron chi connectivity index (χ0n) is 18.0. The first-order valence-electron chi connectivity index (χ1n) is 10.3. The summed E-state index contributed by atoms with van der Waals surface area (Å²) in [6, 6.07) is 19.7. The summed E-state index contributed by atoms with van der Waals surface area (Å²) >= 11 is 0. The van der Waals surface area contributed by atoms with Crippen LogP contribution >= 0.6 is 0 Å². The van der Waals surface area contributed by atoms with Gasteiger partial charge in [-0.15, -0.1) is 0 Å². The monoisotopic (exact) mass is 412 g/mol. The number of oxazole rings is 1. The molecule has 0 spiro atoms. The van der Waals surface area contributed by atoms with E-state index in [2.05, 4.69) is 4.98 Å². The Balaban J connectivity index is 1.50. The van der Waals surface area contributed by atoms with E-state index >= 15 is 0 Å². The lowest BCUT2D eigenvalue weighted by molar-refractivity contribution is -0.0893. The minimum absolute atomic E-state index is 0.594. The lowest BCUT2D eigenvalue weighted by atomic mass is 9.82. The van der Waals surface area contributed by atoms with Crippen LogP contribution in [0.4, 0.5) is 0 Å². The molecule has 6 heteroatoms. The molecule has 0 aliphatic heterocycles. The van der Waals surface area contributed by atoms with E-state index in [9.17, 15) is 5.11 Å². The number of nitrogens with zero attached hydrogens (tertiary/aromatic N) is 1. The summed E-state index contributed by atoms with van der Waals surface area (Å²) in [5, 5.41) is 12.3. The van der Waals surface area contributed by atoms with Crippen LogP contribution in [0.1, 0.15) is 27.7 Å². The van der Waals surface area contributed by atoms with E-state index in [1.54, 1.807) is 21.3 Å². The lowest BCUT2D eigenvalue weighted by Gasteiger charge is -2.37. The molecule has 0 saturated carbocycles. The van der Waals surface area contributed by atoms with Crippen LogP contribution in [-0.4, -0.2) is 28.8 Å². The van der Waals surface area contributed by atoms with Gasteiger partial charge in [-0.3, -0.25) is 0 Å². The van der Waals surface area contributed by atoms with Crippen LogP contribution in [-0.2, 0) is 4.65 Å². The Labute approximate surface area is 180 Å². The second kappa shape index (κ2) is 6.97. The molecule has 31 heavy (non-hydrogen) atoms. The highest BCUT2D eigenvalue weighted by molar-refractivity contribution is 6.47. The van der Waals surface area contributed by atoms with E-state index in [4.69, 9.17) is 13.5 Å². The fourth-order valence-electron chi connectivity index (χ4n) is 3.35. The van der Waals surface area contributed by atoms with E-state index < -0.39 is 11.2 Å². The standard InChI is InChI=1S/C25H23BNO4/c1-24(2,28)25(3,4)31-26-16-10-11-17-18-13-19-22(14-21(18)29-20(17)12-16)30-23(27-19)15-8-6-5-7-9-15/h5-14,28H,1-4H3. The number of rotatable bonds is 5. The largest absolute Gasteiger partial charge is 0.456 e. The number of fused-ring (bicyclic) bond motifs is 4. The summed E-state index contributed by atoms with van der Waals surface area (Å²) in [5.74, 6) is 0.594. The van der Waals surface area contributed by atoms with Gasteiger partial charge in [0.25, 0.3) is 0 Å². The van der Waals surface area contributed by atoms with Crippen molar-refractivity contribution in [3.8, 4) is 11.5 Å². The number of furan rings is 1. The zero-order valence-corrected chi connectivity index (χ0v) is 18.0. The van der Waals surface area contributed by atoms with Gasteiger partial charge >= 0.3 is 7.48 Å². The third kappa shape index (κ3) is 3.52. The van der Waals surface area contributed by atoms with Crippen molar-refractivity contribution in [2.24, 2.45) is 0 Å². The molecule has 5 nitrogen and oxygen atoms in total. The molecule has 0 aliphatic rings. The number of aromatic nitrogens is 1. The number of aliphatic hydroxyl groups is 1. The van der Waals surface area contributed by atoms with Crippen molar-refractivity contribution in [1.29, 1.82) is 0 Å². The Morgan fingerprint density at radius 2 is 1.58 bits per heavy atom. The van der Waals surface area contributed by atoms with Gasteiger partial charge in [-0.05, 0) is 57.4 Å². The molecule has 2 heterocycles. The molecule has 5 rings (SSSR count). The van der Waals surface area contributed by atoms with E-state index in [0.29, 0.717) is 11.5 Å². The Kier molecular flexibility index (Phi) is 4.47. The topological polar surface area (TPSA) is 68.6 Å². The maximum Gasteiger partial charge on any atom is 0.331 e. The van der Waals surface area contributed by atoms with Gasteiger partial charge in [0, 0.05) is 22.4 Å². The summed E-state index contributed by atoms with van der Waals surface area (Å²) < 4.78 is 17.9. The van der Waals surface area contributed by atoms with Gasteiger partial charge in [-0.1, -0.05) is 30.3 Å². The third-order valence-electron chi connectivity index (χ3n) is 5.99. The highest BCUT2D eigenvalue weighted by Crippen LogP contribution is 2.33. The quantitative estimate of drug-likeness (QED) is 0.402. The Morgan fingerprint density at radius 1 is 0.839 bits per heavy atom. The first-order valence-corrected chi connectivity index (χ1v) is 10.3. The van der Waals surface area contributed by atoms with Crippen molar-refractivity contribution in [3.05, 3.63) is 60.7 Å². The second-order valence-corrected chi connectivity index (χ2v) is 8.86. The summed E-state index contributed by atoms with van der Waals surface area (Å²) in [6.07, 6.45) is 0. The van der Waals surface area contributed by atoms with Crippen LogP contribution in [0.3, 0.4) is 0 Å². The van der Waals surface area contributed by atoms with Crippen LogP contribution in [0.25, 0.3) is 44.5 Å². The molecule has 0 unspecified atom stereocenters. The summed E-state index contributed by atoms with van der Waals surface area (Å²) in [7, 11) is 1.66. The molecule has 0 aliphatic carbocycles. The van der Waals surface area contributed by atoms with Crippen LogP contribution < -0.4 is 5.46 Å². The van der Waals surface area contributed by atoms with Gasteiger partial charge in [0.1, 0.15) is 16.7 Å². The molecule has 0 bridgehead atoms. The SMILES string of the molecule is CC(C)(O)C(C)(C)O[B]c1ccc2c(c1)oc1cc3oc(-c4ccccc4)nc3cc12. The minimum atomic E-state index is -0.980. The zero-order chi connectivity index (χ0) is 21.8. The van der Waals surface area contributed by atoms with Crippen LogP contribution in [0.5, 0.6) is 0 Å². The molecule has 1 radical (unpaired) electrons. The molecular formula is C25H23BNO4. The second-order valence-electron chi connectivity index (χ2n) is 8.86. The van der Waals surface area contributed by atoms with E-state index in [1.165, 1.54) is 0 Å². The molecule has 3 aromatic carbocycles. The van der Waals surface area contributed by atoms with Crippen LogP contribution in [0.15, 0.2) is 69.5 Å². The van der Waals surface area contributed by atoms with Crippen molar-refractivity contribution >= 4 is 46.0 Å². The summed E-state index contributed by atoms with van der Waals surface area (Å²) in [4.78, 5) is 4.66. The molecule has 2 aromatic heterocycles. The van der Waals surface area contributed by atoms with E-state index in [-0.39, 0.29) is 0 Å². The van der Waals surface area contributed by atoms with Crippen molar-refractivity contribution in [2.45, 2.75) is 38.9 Å². The maximum atomic E-state index is 10.3. The van der Waals surface area contributed by atoms with Crippen molar-refractivity contribution in [3.63, 3.8) is 0 Å². The average molecular weight is 412 g/mol. The highest BCUT2D eigenvalue weighted by Gasteiger charge is 2.35. The number of benzene rings is 3. The molecule has 5 aromatic rings. The van der Waals surface area contributed by atoms with Gasteiger partial charge in [-0.25, -0.2) is 4.98 Å². The fraction of sp³-hybridized carbons (Fsp3) is 0.240. The van der Waals surface area contributed by atoms with Gasteiger partial charge in [-0.2, -0.15) is 0 Å². The first-order chi connectivity index (χ1) is 14.7. The van der Waals surface area contributed by atoms with Gasteiger partial charge < -0.3 is 18.6 Å². The fourth-order valence-corrected chi connectivity index (χ4v) is 3.35. The molecule has 0 fully saturated rings. The number of hydrogen-bond acceptors (Lipinski definition) is 5. The lowest BCUT2D eigenvalue weighted by Crippen LogP contribution is -2.49. The molecule has 0 saturated heterocycles. The van der Waals surface area contributed by atoms with E-state index in [1.807, 2.05) is 74.5 Å². The summed E-state index contributed by atoms with van der Waals surface area (Å²) in [5.41, 5.74) is 3.06. The van der Waals surface area contributed by atoms with Crippen molar-refractivity contribution in [1.82, 2.24) is 4.98 Å². The average Bonchev–Trinajstić information content (AvgIpc) is 3.30. The highest BCUT2D eigenvalue weighted by atomic mass is 16.5. The van der Waals surface area contributed by atoms with Crippen molar-refractivity contribution in [2.75, 3.05) is 0 Å². The predicted octanol–water partition coefficient (Wildman–Crippen LogP) is 5.20. The van der Waals surface area contributed by atoms with Gasteiger partial charge in [0.15, 0.2) is 5.58 Å². The molecule has 0 atom stereocenters. The smallest absolute Gasteiger partial charge is 0.331 e. The normalized spacial score (nSPS) is 12.8. The molecule has 1 N–H and O–H groups in total. The van der Waals surface area contributed by atoms with Gasteiger partial charge in [0.05, 0.1) is 11.2 Å². The predicted molar refractivity (Wildman–Crippen MR) is 124 cm³/mol. The maximum absolute atomic E-state index is 10.3. The molecule has 0 amide bonds. The number of hydrogen-bond donors (Lipinski definition) is 1. The minimum Gasteiger partial charge on any atom is -0.456 e. The summed E-state index contributed by atoms with van der Waals surface area (Å²) in [6.45, 7) is 7.18. The van der Waals surface area contributed by atoms with Gasteiger partial charge in [0.2, 0.25) is 5.89 Å². The Bertz CT molecular complexity index is 1390. The third-order valence-corrected chi connectivity index (χ3v) is 5.99. The van der Waals surface area contributed by atoms with E-state index in [0.717, 1.165) is 38.5 Å². The molecular weight excluding hydrogens is 389 g/mol. The first kappa shape index (κ1) is 19.9. The molecule has 155 valence electrons.